The molecule has 0 bridgehead atoms. The average molecular weight is 446 g/mol. The van der Waals surface area contributed by atoms with E-state index >= 15 is 0 Å². The Bertz CT molecular complexity index is 719. The molecule has 2 aromatic carbocycles. The largest absolute Gasteiger partial charge is 0.483 e. The maximum Gasteiger partial charge on any atom is 0.341 e. The first-order valence-electron chi connectivity index (χ1n) is 6.55. The number of benzene rings is 2. The van der Waals surface area contributed by atoms with Crippen LogP contribution < -0.4 is 10.1 Å². The first kappa shape index (κ1) is 17.6. The molecule has 0 saturated carbocycles. The third-order valence-corrected chi connectivity index (χ3v) is 3.79. The molecular formula is C16H13ClINO4. The number of carbonyl (C=O) groups is 2. The molecule has 0 unspecified atom stereocenters. The molecule has 0 aliphatic rings. The summed E-state index contributed by atoms with van der Waals surface area (Å²) < 4.78 is 11.1. The number of anilines is 1. The molecular weight excluding hydrogens is 433 g/mol. The normalized spacial score (nSPS) is 10.0. The molecule has 0 saturated heterocycles. The van der Waals surface area contributed by atoms with Crippen molar-refractivity contribution in [3.63, 3.8) is 0 Å². The van der Waals surface area contributed by atoms with E-state index in [1.54, 1.807) is 18.2 Å². The van der Waals surface area contributed by atoms with Gasteiger partial charge in [-0.25, -0.2) is 4.79 Å². The maximum absolute atomic E-state index is 11.9. The van der Waals surface area contributed by atoms with Crippen LogP contribution in [-0.2, 0) is 9.53 Å². The number of methoxy groups -OCH3 is 1. The highest BCUT2D eigenvalue weighted by Gasteiger charge is 2.15. The fraction of sp³-hybridized carbons (Fsp3) is 0.125. The molecule has 0 aliphatic carbocycles. The van der Waals surface area contributed by atoms with E-state index in [-0.39, 0.29) is 23.8 Å². The molecule has 2 rings (SSSR count). The van der Waals surface area contributed by atoms with E-state index in [9.17, 15) is 9.59 Å². The van der Waals surface area contributed by atoms with E-state index in [0.717, 1.165) is 3.57 Å². The molecule has 0 spiro atoms. The summed E-state index contributed by atoms with van der Waals surface area (Å²) in [5.74, 6) is -0.709. The Morgan fingerprint density at radius 3 is 2.52 bits per heavy atom. The van der Waals surface area contributed by atoms with Gasteiger partial charge >= 0.3 is 5.97 Å². The van der Waals surface area contributed by atoms with Crippen LogP contribution in [0.3, 0.4) is 0 Å². The van der Waals surface area contributed by atoms with Crippen molar-refractivity contribution in [3.8, 4) is 5.75 Å². The van der Waals surface area contributed by atoms with Crippen LogP contribution in [0.25, 0.3) is 0 Å². The van der Waals surface area contributed by atoms with Crippen molar-refractivity contribution in [2.45, 2.75) is 0 Å². The molecule has 0 aromatic heterocycles. The van der Waals surface area contributed by atoms with Crippen LogP contribution in [0.2, 0.25) is 5.02 Å². The smallest absolute Gasteiger partial charge is 0.341 e. The first-order chi connectivity index (χ1) is 11.0. The van der Waals surface area contributed by atoms with Crippen LogP contribution in [0.4, 0.5) is 5.69 Å². The summed E-state index contributed by atoms with van der Waals surface area (Å²) in [5, 5.41) is 3.09. The zero-order chi connectivity index (χ0) is 16.8. The van der Waals surface area contributed by atoms with E-state index in [4.69, 9.17) is 16.3 Å². The summed E-state index contributed by atoms with van der Waals surface area (Å²) >= 11 is 8.07. The van der Waals surface area contributed by atoms with Gasteiger partial charge in [-0.3, -0.25) is 4.79 Å². The van der Waals surface area contributed by atoms with Crippen molar-refractivity contribution in [1.29, 1.82) is 0 Å². The van der Waals surface area contributed by atoms with Crippen molar-refractivity contribution in [2.24, 2.45) is 0 Å². The molecule has 0 fully saturated rings. The van der Waals surface area contributed by atoms with Gasteiger partial charge in [0.25, 0.3) is 5.91 Å². The number of hydrogen-bond acceptors (Lipinski definition) is 4. The van der Waals surface area contributed by atoms with Crippen LogP contribution in [0.15, 0.2) is 42.5 Å². The molecule has 2 aromatic rings. The van der Waals surface area contributed by atoms with E-state index < -0.39 is 5.97 Å². The van der Waals surface area contributed by atoms with Crippen molar-refractivity contribution in [3.05, 3.63) is 56.6 Å². The Morgan fingerprint density at radius 1 is 1.17 bits per heavy atom. The highest BCUT2D eigenvalue weighted by molar-refractivity contribution is 14.1. The minimum atomic E-state index is -0.560. The SMILES string of the molecule is COC(=O)c1ccc(Cl)cc1OCC(=O)Nc1ccc(I)cc1. The number of esters is 1. The van der Waals surface area contributed by atoms with E-state index in [2.05, 4.69) is 32.6 Å². The number of amides is 1. The summed E-state index contributed by atoms with van der Waals surface area (Å²) in [5.41, 5.74) is 0.872. The van der Waals surface area contributed by atoms with Crippen molar-refractivity contribution in [2.75, 3.05) is 19.0 Å². The molecule has 7 heteroatoms. The number of carbonyl (C=O) groups excluding carboxylic acids is 2. The Balaban J connectivity index is 2.02. The summed E-state index contributed by atoms with van der Waals surface area (Å²) in [6.07, 6.45) is 0. The van der Waals surface area contributed by atoms with Gasteiger partial charge in [-0.05, 0) is 65.1 Å². The molecule has 0 radical (unpaired) electrons. The predicted octanol–water partition coefficient (Wildman–Crippen LogP) is 3.75. The molecule has 0 atom stereocenters. The van der Waals surface area contributed by atoms with Gasteiger partial charge in [0.05, 0.1) is 7.11 Å². The topological polar surface area (TPSA) is 64.6 Å². The van der Waals surface area contributed by atoms with Gasteiger partial charge < -0.3 is 14.8 Å². The minimum absolute atomic E-state index is 0.196. The van der Waals surface area contributed by atoms with Crippen LogP contribution in [0, 0.1) is 3.57 Å². The number of halogens is 2. The van der Waals surface area contributed by atoms with Gasteiger partial charge in [-0.15, -0.1) is 0 Å². The quantitative estimate of drug-likeness (QED) is 0.562. The number of rotatable bonds is 5. The monoisotopic (exact) mass is 445 g/mol. The van der Waals surface area contributed by atoms with E-state index in [0.29, 0.717) is 10.7 Å². The maximum atomic E-state index is 11.9. The second-order valence-corrected chi connectivity index (χ2v) is 6.16. The first-order valence-corrected chi connectivity index (χ1v) is 8.01. The highest BCUT2D eigenvalue weighted by atomic mass is 127. The fourth-order valence-electron chi connectivity index (χ4n) is 1.77. The van der Waals surface area contributed by atoms with Crippen molar-refractivity contribution in [1.82, 2.24) is 0 Å². The van der Waals surface area contributed by atoms with Gasteiger partial charge in [-0.1, -0.05) is 11.6 Å². The fourth-order valence-corrected chi connectivity index (χ4v) is 2.29. The lowest BCUT2D eigenvalue weighted by Gasteiger charge is -2.11. The summed E-state index contributed by atoms with van der Waals surface area (Å²) in [6, 6.07) is 11.8. The van der Waals surface area contributed by atoms with Gasteiger partial charge in [0.2, 0.25) is 0 Å². The Labute approximate surface area is 152 Å². The Kier molecular flexibility index (Phi) is 6.23. The van der Waals surface area contributed by atoms with E-state index in [1.807, 2.05) is 12.1 Å². The third-order valence-electron chi connectivity index (χ3n) is 2.84. The standard InChI is InChI=1S/C16H13ClINO4/c1-22-16(21)13-7-2-10(17)8-14(13)23-9-15(20)19-12-5-3-11(18)4-6-12/h2-8H,9H2,1H3,(H,19,20). The van der Waals surface area contributed by atoms with Crippen LogP contribution >= 0.6 is 34.2 Å². The average Bonchev–Trinajstić information content (AvgIpc) is 2.54. The number of hydrogen-bond donors (Lipinski definition) is 1. The molecule has 0 aliphatic heterocycles. The lowest BCUT2D eigenvalue weighted by molar-refractivity contribution is -0.118. The Hall–Kier alpha value is -1.80. The molecule has 1 amide bonds. The zero-order valence-electron chi connectivity index (χ0n) is 12.1. The predicted molar refractivity (Wildman–Crippen MR) is 96.1 cm³/mol. The van der Waals surface area contributed by atoms with Gasteiger partial charge in [0.15, 0.2) is 6.61 Å². The van der Waals surface area contributed by atoms with Gasteiger partial charge in [0, 0.05) is 14.3 Å². The van der Waals surface area contributed by atoms with Crippen LogP contribution in [-0.4, -0.2) is 25.6 Å². The Morgan fingerprint density at radius 2 is 1.87 bits per heavy atom. The molecule has 5 nitrogen and oxygen atoms in total. The van der Waals surface area contributed by atoms with Crippen LogP contribution in [0.1, 0.15) is 10.4 Å². The van der Waals surface area contributed by atoms with Crippen LogP contribution in [0.5, 0.6) is 5.75 Å². The molecule has 0 heterocycles. The van der Waals surface area contributed by atoms with Crippen molar-refractivity contribution >= 4 is 51.8 Å². The van der Waals surface area contributed by atoms with Crippen molar-refractivity contribution < 1.29 is 19.1 Å². The number of nitrogens with one attached hydrogen (secondary N) is 1. The third kappa shape index (κ3) is 5.11. The lowest BCUT2D eigenvalue weighted by atomic mass is 10.2. The van der Waals surface area contributed by atoms with Gasteiger partial charge in [-0.2, -0.15) is 0 Å². The van der Waals surface area contributed by atoms with Gasteiger partial charge in [0.1, 0.15) is 11.3 Å². The summed E-state index contributed by atoms with van der Waals surface area (Å²) in [6.45, 7) is -0.254. The molecule has 23 heavy (non-hydrogen) atoms. The second kappa shape index (κ2) is 8.16. The number of ether oxygens (including phenoxy) is 2. The summed E-state index contributed by atoms with van der Waals surface area (Å²) in [7, 11) is 1.27. The zero-order valence-corrected chi connectivity index (χ0v) is 15.1. The molecule has 120 valence electrons. The molecule has 1 N–H and O–H groups in total. The summed E-state index contributed by atoms with van der Waals surface area (Å²) in [4.78, 5) is 23.6. The lowest BCUT2D eigenvalue weighted by Crippen LogP contribution is -2.21. The highest BCUT2D eigenvalue weighted by Crippen LogP contribution is 2.24. The minimum Gasteiger partial charge on any atom is -0.483 e. The van der Waals surface area contributed by atoms with E-state index in [1.165, 1.54) is 19.2 Å². The second-order valence-electron chi connectivity index (χ2n) is 4.48.